The van der Waals surface area contributed by atoms with Gasteiger partial charge in [0, 0.05) is 25.9 Å². The van der Waals surface area contributed by atoms with Crippen LogP contribution in [0.15, 0.2) is 18.2 Å². The molecule has 0 spiro atoms. The zero-order valence-corrected chi connectivity index (χ0v) is 10.2. The normalized spacial score (nSPS) is 18.8. The fraction of sp³-hybridized carbons (Fsp3) is 0.571. The summed E-state index contributed by atoms with van der Waals surface area (Å²) >= 11 is 0. The van der Waals surface area contributed by atoms with Crippen molar-refractivity contribution in [3.05, 3.63) is 35.4 Å². The van der Waals surface area contributed by atoms with Crippen LogP contribution in [0.3, 0.4) is 0 Å². The van der Waals surface area contributed by atoms with Gasteiger partial charge in [-0.25, -0.2) is 8.78 Å². The highest BCUT2D eigenvalue weighted by Gasteiger charge is 2.25. The van der Waals surface area contributed by atoms with Gasteiger partial charge in [0.1, 0.15) is 11.6 Å². The first-order valence-electron chi connectivity index (χ1n) is 6.35. The molecule has 0 aromatic heterocycles. The number of aliphatic hydroxyl groups is 1. The number of ether oxygens (including phenoxy) is 1. The molecule has 1 heterocycles. The minimum atomic E-state index is -0.556. The smallest absolute Gasteiger partial charge is 0.126 e. The number of aliphatic hydroxyl groups excluding tert-OH is 1. The maximum absolute atomic E-state index is 13.3. The van der Waals surface area contributed by atoms with Crippen molar-refractivity contribution in [2.75, 3.05) is 19.8 Å². The zero-order chi connectivity index (χ0) is 13.0. The van der Waals surface area contributed by atoms with E-state index in [1.807, 2.05) is 0 Å². The second kappa shape index (κ2) is 6.25. The van der Waals surface area contributed by atoms with Gasteiger partial charge < -0.3 is 9.84 Å². The zero-order valence-electron chi connectivity index (χ0n) is 10.2. The lowest BCUT2D eigenvalue weighted by Gasteiger charge is -2.30. The molecule has 2 rings (SSSR count). The second-order valence-electron chi connectivity index (χ2n) is 4.77. The van der Waals surface area contributed by atoms with Crippen molar-refractivity contribution in [1.82, 2.24) is 0 Å². The maximum atomic E-state index is 13.3. The van der Waals surface area contributed by atoms with Crippen molar-refractivity contribution in [2.45, 2.75) is 25.2 Å². The molecule has 1 N–H and O–H groups in total. The molecule has 1 fully saturated rings. The largest absolute Gasteiger partial charge is 0.396 e. The van der Waals surface area contributed by atoms with Crippen molar-refractivity contribution in [3.8, 4) is 0 Å². The van der Waals surface area contributed by atoms with Crippen molar-refractivity contribution in [1.29, 1.82) is 0 Å². The Morgan fingerprint density at radius 2 is 1.78 bits per heavy atom. The summed E-state index contributed by atoms with van der Waals surface area (Å²) in [5, 5.41) is 9.15. The molecule has 1 aromatic carbocycles. The molecule has 0 radical (unpaired) electrons. The fourth-order valence-corrected chi connectivity index (χ4v) is 2.72. The van der Waals surface area contributed by atoms with E-state index in [0.29, 0.717) is 31.1 Å². The van der Waals surface area contributed by atoms with Gasteiger partial charge in [0.25, 0.3) is 0 Å². The van der Waals surface area contributed by atoms with E-state index in [1.54, 1.807) is 0 Å². The van der Waals surface area contributed by atoms with Gasteiger partial charge in [0.15, 0.2) is 0 Å². The summed E-state index contributed by atoms with van der Waals surface area (Å²) in [6.07, 6.45) is 2.29. The summed E-state index contributed by atoms with van der Waals surface area (Å²) in [5.74, 6) is -0.781. The van der Waals surface area contributed by atoms with Gasteiger partial charge in [0.2, 0.25) is 0 Å². The van der Waals surface area contributed by atoms with Crippen LogP contribution in [-0.4, -0.2) is 24.9 Å². The molecule has 1 atom stereocenters. The van der Waals surface area contributed by atoms with Gasteiger partial charge in [-0.15, -0.1) is 0 Å². The Balaban J connectivity index is 2.22. The van der Waals surface area contributed by atoms with E-state index >= 15 is 0 Å². The lowest BCUT2D eigenvalue weighted by molar-refractivity contribution is 0.0543. The van der Waals surface area contributed by atoms with Crippen LogP contribution in [0.4, 0.5) is 8.78 Å². The van der Waals surface area contributed by atoms with E-state index in [0.717, 1.165) is 18.9 Å². The second-order valence-corrected chi connectivity index (χ2v) is 4.77. The van der Waals surface area contributed by atoms with Crippen LogP contribution in [0.2, 0.25) is 0 Å². The third kappa shape index (κ3) is 3.27. The van der Waals surface area contributed by atoms with Gasteiger partial charge in [-0.1, -0.05) is 0 Å². The Morgan fingerprint density at radius 3 is 2.33 bits per heavy atom. The number of halogens is 2. The van der Waals surface area contributed by atoms with Gasteiger partial charge >= 0.3 is 0 Å². The topological polar surface area (TPSA) is 29.5 Å². The molecular formula is C14H18F2O2. The third-order valence-corrected chi connectivity index (χ3v) is 3.59. The molecule has 2 nitrogen and oxygen atoms in total. The Hall–Kier alpha value is -1.00. The van der Waals surface area contributed by atoms with E-state index < -0.39 is 11.6 Å². The molecule has 100 valence electrons. The highest BCUT2D eigenvalue weighted by atomic mass is 19.1. The van der Waals surface area contributed by atoms with E-state index in [2.05, 4.69) is 0 Å². The van der Waals surface area contributed by atoms with Gasteiger partial charge in [-0.05, 0) is 48.8 Å². The molecule has 1 saturated heterocycles. The first kappa shape index (κ1) is 13.4. The number of benzene rings is 1. The lowest BCUT2D eigenvalue weighted by atomic mass is 9.79. The minimum absolute atomic E-state index is 0.00380. The lowest BCUT2D eigenvalue weighted by Crippen LogP contribution is -2.23. The average molecular weight is 256 g/mol. The summed E-state index contributed by atoms with van der Waals surface area (Å²) in [4.78, 5) is 0. The summed E-state index contributed by atoms with van der Waals surface area (Å²) < 4.78 is 31.8. The van der Waals surface area contributed by atoms with E-state index in [9.17, 15) is 8.78 Å². The molecule has 0 saturated carbocycles. The maximum Gasteiger partial charge on any atom is 0.126 e. The van der Waals surface area contributed by atoms with E-state index in [-0.39, 0.29) is 12.5 Å². The first-order valence-corrected chi connectivity index (χ1v) is 6.35. The van der Waals surface area contributed by atoms with Gasteiger partial charge in [-0.2, -0.15) is 0 Å². The van der Waals surface area contributed by atoms with Crippen LogP contribution in [0, 0.1) is 17.6 Å². The molecule has 1 aromatic rings. The van der Waals surface area contributed by atoms with Crippen molar-refractivity contribution in [3.63, 3.8) is 0 Å². The van der Waals surface area contributed by atoms with Crippen LogP contribution >= 0.6 is 0 Å². The van der Waals surface area contributed by atoms with Crippen LogP contribution in [-0.2, 0) is 4.74 Å². The predicted octanol–water partition coefficient (Wildman–Crippen LogP) is 2.86. The molecule has 1 aliphatic heterocycles. The summed E-state index contributed by atoms with van der Waals surface area (Å²) in [6, 6.07) is 3.63. The minimum Gasteiger partial charge on any atom is -0.396 e. The summed E-state index contributed by atoms with van der Waals surface area (Å²) in [7, 11) is 0. The molecule has 18 heavy (non-hydrogen) atoms. The van der Waals surface area contributed by atoms with Crippen LogP contribution in [0.1, 0.15) is 30.7 Å². The molecule has 4 heteroatoms. The predicted molar refractivity (Wildman–Crippen MR) is 64.3 cm³/mol. The van der Waals surface area contributed by atoms with Gasteiger partial charge in [-0.3, -0.25) is 0 Å². The molecular weight excluding hydrogens is 238 g/mol. The number of rotatable bonds is 4. The fourth-order valence-electron chi connectivity index (χ4n) is 2.72. The van der Waals surface area contributed by atoms with E-state index in [4.69, 9.17) is 9.84 Å². The van der Waals surface area contributed by atoms with Crippen LogP contribution in [0.25, 0.3) is 0 Å². The summed E-state index contributed by atoms with van der Waals surface area (Å²) in [5.41, 5.74) is 0.647. The standard InChI is InChI=1S/C14H18F2O2/c15-12-7-11(8-13(16)9-12)14(1-4-17)10-2-5-18-6-3-10/h7-10,14,17H,1-6H2/t14-/m1/s1. The molecule has 0 aliphatic carbocycles. The first-order chi connectivity index (χ1) is 8.70. The summed E-state index contributed by atoms with van der Waals surface area (Å²) in [6.45, 7) is 1.40. The van der Waals surface area contributed by atoms with Crippen molar-refractivity contribution < 1.29 is 18.6 Å². The number of hydrogen-bond donors (Lipinski definition) is 1. The Kier molecular flexibility index (Phi) is 4.66. The van der Waals surface area contributed by atoms with E-state index in [1.165, 1.54) is 12.1 Å². The SMILES string of the molecule is OCC[C@@H](c1cc(F)cc(F)c1)C1CCOCC1. The Morgan fingerprint density at radius 1 is 1.17 bits per heavy atom. The highest BCUT2D eigenvalue weighted by molar-refractivity contribution is 5.23. The molecule has 0 unspecified atom stereocenters. The highest BCUT2D eigenvalue weighted by Crippen LogP contribution is 2.35. The quantitative estimate of drug-likeness (QED) is 0.897. The average Bonchev–Trinajstić information content (AvgIpc) is 2.36. The van der Waals surface area contributed by atoms with Crippen molar-refractivity contribution >= 4 is 0 Å². The molecule has 1 aliphatic rings. The molecule has 0 bridgehead atoms. The van der Waals surface area contributed by atoms with Crippen LogP contribution in [0.5, 0.6) is 0 Å². The van der Waals surface area contributed by atoms with Crippen molar-refractivity contribution in [2.24, 2.45) is 5.92 Å². The Bertz CT molecular complexity index is 369. The van der Waals surface area contributed by atoms with Gasteiger partial charge in [0.05, 0.1) is 0 Å². The third-order valence-electron chi connectivity index (χ3n) is 3.59. The molecule has 0 amide bonds. The number of hydrogen-bond acceptors (Lipinski definition) is 2. The van der Waals surface area contributed by atoms with Crippen LogP contribution < -0.4 is 0 Å². The Labute approximate surface area is 106 Å². The monoisotopic (exact) mass is 256 g/mol.